The second-order valence-corrected chi connectivity index (χ2v) is 5.49. The minimum Gasteiger partial charge on any atom is -0.469 e. The molecule has 0 aromatic heterocycles. The largest absolute Gasteiger partial charge is 0.469 e. The third-order valence-electron chi connectivity index (χ3n) is 4.06. The molecule has 0 spiro atoms. The zero-order chi connectivity index (χ0) is 13.8. The normalized spacial score (nSPS) is 28.3. The Balaban J connectivity index is 1.83. The number of hydrogen-bond acceptors (Lipinski definition) is 4. The maximum Gasteiger partial charge on any atom is 0.317 e. The van der Waals surface area contributed by atoms with Crippen LogP contribution < -0.4 is 5.32 Å². The van der Waals surface area contributed by atoms with Gasteiger partial charge in [-0.15, -0.1) is 0 Å². The van der Waals surface area contributed by atoms with Crippen molar-refractivity contribution in [2.24, 2.45) is 5.92 Å². The number of carbonyl (C=O) groups is 2. The summed E-state index contributed by atoms with van der Waals surface area (Å²) in [7, 11) is 3.49. The lowest BCUT2D eigenvalue weighted by atomic mass is 9.91. The number of urea groups is 1. The van der Waals surface area contributed by atoms with Gasteiger partial charge in [0.25, 0.3) is 0 Å². The van der Waals surface area contributed by atoms with Crippen LogP contribution in [-0.2, 0) is 9.53 Å². The molecular weight excluding hydrogens is 246 g/mol. The number of methoxy groups -OCH3 is 1. The molecule has 2 rings (SSSR count). The molecule has 0 saturated carbocycles. The number of hydrogen-bond donors (Lipinski definition) is 1. The van der Waals surface area contributed by atoms with Crippen molar-refractivity contribution in [3.63, 3.8) is 0 Å². The van der Waals surface area contributed by atoms with E-state index in [1.54, 1.807) is 4.90 Å². The minimum absolute atomic E-state index is 0.0536. The number of carbonyl (C=O) groups excluding carboxylic acids is 2. The van der Waals surface area contributed by atoms with Crippen LogP contribution in [0.15, 0.2) is 0 Å². The SMILES string of the molecule is COC(=O)CCN1CC(C2CCCN(C)C2)NC1=O. The molecule has 2 fully saturated rings. The third-order valence-corrected chi connectivity index (χ3v) is 4.06. The molecule has 0 bridgehead atoms. The Morgan fingerprint density at radius 3 is 2.95 bits per heavy atom. The van der Waals surface area contributed by atoms with Crippen LogP contribution in [0.25, 0.3) is 0 Å². The number of piperidine rings is 1. The van der Waals surface area contributed by atoms with Gasteiger partial charge in [0, 0.05) is 19.6 Å². The molecule has 2 aliphatic rings. The number of esters is 1. The first-order chi connectivity index (χ1) is 9.10. The quantitative estimate of drug-likeness (QED) is 0.745. The molecule has 2 amide bonds. The second kappa shape index (κ2) is 6.23. The van der Waals surface area contributed by atoms with Crippen LogP contribution in [0.5, 0.6) is 0 Å². The topological polar surface area (TPSA) is 61.9 Å². The highest BCUT2D eigenvalue weighted by atomic mass is 16.5. The number of ether oxygens (including phenoxy) is 1. The fraction of sp³-hybridized carbons (Fsp3) is 0.846. The van der Waals surface area contributed by atoms with Crippen molar-refractivity contribution in [1.29, 1.82) is 0 Å². The smallest absolute Gasteiger partial charge is 0.317 e. The van der Waals surface area contributed by atoms with Gasteiger partial charge in [-0.1, -0.05) is 0 Å². The van der Waals surface area contributed by atoms with Crippen molar-refractivity contribution in [3.05, 3.63) is 0 Å². The van der Waals surface area contributed by atoms with Crippen molar-refractivity contribution < 1.29 is 14.3 Å². The molecule has 2 saturated heterocycles. The predicted octanol–water partition coefficient (Wildman–Crippen LogP) is 0.285. The van der Waals surface area contributed by atoms with Gasteiger partial charge >= 0.3 is 12.0 Å². The average molecular weight is 269 g/mol. The van der Waals surface area contributed by atoms with Crippen molar-refractivity contribution in [3.8, 4) is 0 Å². The lowest BCUT2D eigenvalue weighted by molar-refractivity contribution is -0.140. The summed E-state index contributed by atoms with van der Waals surface area (Å²) in [4.78, 5) is 27.0. The average Bonchev–Trinajstić information content (AvgIpc) is 2.77. The Bertz CT molecular complexity index is 348. The van der Waals surface area contributed by atoms with Gasteiger partial charge in [-0.05, 0) is 32.4 Å². The molecule has 19 heavy (non-hydrogen) atoms. The molecule has 0 radical (unpaired) electrons. The van der Waals surface area contributed by atoms with E-state index < -0.39 is 0 Å². The van der Waals surface area contributed by atoms with Crippen LogP contribution in [0.3, 0.4) is 0 Å². The van der Waals surface area contributed by atoms with Crippen LogP contribution in [0.1, 0.15) is 19.3 Å². The van der Waals surface area contributed by atoms with Crippen molar-refractivity contribution in [2.45, 2.75) is 25.3 Å². The number of amides is 2. The van der Waals surface area contributed by atoms with E-state index in [9.17, 15) is 9.59 Å². The van der Waals surface area contributed by atoms with Crippen molar-refractivity contribution in [1.82, 2.24) is 15.1 Å². The Morgan fingerprint density at radius 1 is 1.47 bits per heavy atom. The van der Waals surface area contributed by atoms with Crippen molar-refractivity contribution in [2.75, 3.05) is 40.3 Å². The summed E-state index contributed by atoms with van der Waals surface area (Å²) in [5.74, 6) is 0.250. The molecule has 2 heterocycles. The van der Waals surface area contributed by atoms with E-state index in [0.717, 1.165) is 13.1 Å². The summed E-state index contributed by atoms with van der Waals surface area (Å²) in [5.41, 5.74) is 0. The van der Waals surface area contributed by atoms with Crippen LogP contribution in [-0.4, -0.2) is 68.2 Å². The first-order valence-corrected chi connectivity index (χ1v) is 6.91. The van der Waals surface area contributed by atoms with Gasteiger partial charge in [-0.3, -0.25) is 4.79 Å². The van der Waals surface area contributed by atoms with Crippen LogP contribution in [0.4, 0.5) is 4.79 Å². The van der Waals surface area contributed by atoms with Gasteiger partial charge in [0.05, 0.1) is 19.6 Å². The Kier molecular flexibility index (Phi) is 4.63. The molecule has 2 aliphatic heterocycles. The molecule has 1 N–H and O–H groups in total. The highest BCUT2D eigenvalue weighted by Crippen LogP contribution is 2.22. The molecule has 0 aromatic rings. The van der Waals surface area contributed by atoms with Gasteiger partial charge in [0.15, 0.2) is 0 Å². The molecule has 0 aromatic carbocycles. The summed E-state index contributed by atoms with van der Waals surface area (Å²) in [6.07, 6.45) is 2.62. The van der Waals surface area contributed by atoms with E-state index in [1.807, 2.05) is 0 Å². The fourth-order valence-corrected chi connectivity index (χ4v) is 2.94. The fourth-order valence-electron chi connectivity index (χ4n) is 2.94. The summed E-state index contributed by atoms with van der Waals surface area (Å²) < 4.78 is 4.60. The van der Waals surface area contributed by atoms with E-state index in [4.69, 9.17) is 0 Å². The lowest BCUT2D eigenvalue weighted by Gasteiger charge is -2.32. The predicted molar refractivity (Wildman–Crippen MR) is 70.7 cm³/mol. The highest BCUT2D eigenvalue weighted by molar-refractivity contribution is 5.78. The standard InChI is InChI=1S/C13H23N3O3/c1-15-6-3-4-10(8-15)11-9-16(13(18)14-11)7-5-12(17)19-2/h10-11H,3-9H2,1-2H3,(H,14,18). The van der Waals surface area contributed by atoms with E-state index >= 15 is 0 Å². The third kappa shape index (κ3) is 3.59. The first kappa shape index (κ1) is 14.1. The highest BCUT2D eigenvalue weighted by Gasteiger charge is 2.35. The summed E-state index contributed by atoms with van der Waals surface area (Å²) >= 11 is 0. The van der Waals surface area contributed by atoms with Crippen molar-refractivity contribution >= 4 is 12.0 Å². The molecule has 0 aliphatic carbocycles. The Labute approximate surface area is 114 Å². The van der Waals surface area contributed by atoms with Gasteiger partial charge in [0.1, 0.15) is 0 Å². The van der Waals surface area contributed by atoms with E-state index in [2.05, 4.69) is 22.0 Å². The summed E-state index contributed by atoms with van der Waals surface area (Å²) in [6.45, 7) is 3.32. The number of nitrogens with one attached hydrogen (secondary N) is 1. The summed E-state index contributed by atoms with van der Waals surface area (Å²) in [5, 5.41) is 3.04. The van der Waals surface area contributed by atoms with Gasteiger partial charge < -0.3 is 19.9 Å². The van der Waals surface area contributed by atoms with Crippen LogP contribution in [0.2, 0.25) is 0 Å². The molecule has 108 valence electrons. The maximum absolute atomic E-state index is 11.9. The van der Waals surface area contributed by atoms with Gasteiger partial charge in [-0.2, -0.15) is 0 Å². The number of likely N-dealkylation sites (tertiary alicyclic amines) is 1. The molecule has 2 unspecified atom stereocenters. The molecule has 6 heteroatoms. The van der Waals surface area contributed by atoms with E-state index in [1.165, 1.54) is 20.0 Å². The van der Waals surface area contributed by atoms with Crippen LogP contribution >= 0.6 is 0 Å². The maximum atomic E-state index is 11.9. The number of nitrogens with zero attached hydrogens (tertiary/aromatic N) is 2. The molecule has 6 nitrogen and oxygen atoms in total. The second-order valence-electron chi connectivity index (χ2n) is 5.49. The number of rotatable bonds is 4. The monoisotopic (exact) mass is 269 g/mol. The Morgan fingerprint density at radius 2 is 2.26 bits per heavy atom. The zero-order valence-corrected chi connectivity index (χ0v) is 11.7. The van der Waals surface area contributed by atoms with E-state index in [0.29, 0.717) is 19.0 Å². The molecule has 2 atom stereocenters. The minimum atomic E-state index is -0.270. The molecular formula is C13H23N3O3. The first-order valence-electron chi connectivity index (χ1n) is 6.91. The van der Waals surface area contributed by atoms with E-state index in [-0.39, 0.29) is 24.5 Å². The van der Waals surface area contributed by atoms with Gasteiger partial charge in [0.2, 0.25) is 0 Å². The summed E-state index contributed by atoms with van der Waals surface area (Å²) in [6, 6.07) is 0.162. The van der Waals surface area contributed by atoms with Gasteiger partial charge in [-0.25, -0.2) is 4.79 Å². The zero-order valence-electron chi connectivity index (χ0n) is 11.7. The Hall–Kier alpha value is -1.30. The lowest BCUT2D eigenvalue weighted by Crippen LogP contribution is -2.43. The van der Waals surface area contributed by atoms with Crippen LogP contribution in [0, 0.1) is 5.92 Å².